The number of nitrogens with one attached hydrogen (secondary N) is 3. The molecular weight excluding hydrogens is 266 g/mol. The van der Waals surface area contributed by atoms with Gasteiger partial charge in [0.15, 0.2) is 0 Å². The molecule has 1 saturated heterocycles. The Morgan fingerprint density at radius 2 is 2.16 bits per heavy atom. The standard InChI is InChI=1S/C12H21N3O3S/c1-2-13-8-11-7-12(9-14-11)19(16,17)15-10-3-5-18-6-4-10/h7,9-10,13-15H,2-6,8H2,1H3. The number of aromatic nitrogens is 1. The molecule has 0 radical (unpaired) electrons. The van der Waals surface area contributed by atoms with Gasteiger partial charge in [-0.2, -0.15) is 0 Å². The molecule has 19 heavy (non-hydrogen) atoms. The highest BCUT2D eigenvalue weighted by atomic mass is 32.2. The highest BCUT2D eigenvalue weighted by molar-refractivity contribution is 7.89. The summed E-state index contributed by atoms with van der Waals surface area (Å²) in [6.45, 7) is 4.73. The minimum atomic E-state index is -3.43. The van der Waals surface area contributed by atoms with Crippen molar-refractivity contribution in [2.24, 2.45) is 0 Å². The number of hydrogen-bond acceptors (Lipinski definition) is 4. The zero-order valence-electron chi connectivity index (χ0n) is 11.1. The lowest BCUT2D eigenvalue weighted by Gasteiger charge is -2.22. The summed E-state index contributed by atoms with van der Waals surface area (Å²) in [6, 6.07) is 1.65. The van der Waals surface area contributed by atoms with Crippen molar-refractivity contribution >= 4 is 10.0 Å². The van der Waals surface area contributed by atoms with Gasteiger partial charge < -0.3 is 15.0 Å². The zero-order chi connectivity index (χ0) is 13.7. The molecule has 1 aliphatic heterocycles. The van der Waals surface area contributed by atoms with E-state index in [2.05, 4.69) is 15.0 Å². The zero-order valence-corrected chi connectivity index (χ0v) is 11.9. The molecule has 0 aromatic carbocycles. The Bertz CT molecular complexity index is 492. The van der Waals surface area contributed by atoms with Crippen molar-refractivity contribution in [3.05, 3.63) is 18.0 Å². The number of rotatable bonds is 6. The number of H-pyrrole nitrogens is 1. The molecule has 1 aliphatic rings. The lowest BCUT2D eigenvalue weighted by Crippen LogP contribution is -2.38. The van der Waals surface area contributed by atoms with E-state index in [0.717, 1.165) is 25.1 Å². The largest absolute Gasteiger partial charge is 0.381 e. The molecule has 0 saturated carbocycles. The first kappa shape index (κ1) is 14.5. The second-order valence-electron chi connectivity index (χ2n) is 4.65. The Balaban J connectivity index is 1.99. The predicted octanol–water partition coefficient (Wildman–Crippen LogP) is 0.582. The van der Waals surface area contributed by atoms with Gasteiger partial charge in [-0.3, -0.25) is 0 Å². The van der Waals surface area contributed by atoms with Gasteiger partial charge in [-0.1, -0.05) is 6.92 Å². The smallest absolute Gasteiger partial charge is 0.242 e. The molecule has 0 aliphatic carbocycles. The summed E-state index contributed by atoms with van der Waals surface area (Å²) in [7, 11) is -3.43. The third-order valence-corrected chi connectivity index (χ3v) is 4.64. The molecule has 2 heterocycles. The van der Waals surface area contributed by atoms with Crippen molar-refractivity contribution in [3.63, 3.8) is 0 Å². The number of hydrogen-bond donors (Lipinski definition) is 3. The lowest BCUT2D eigenvalue weighted by molar-refractivity contribution is 0.0832. The summed E-state index contributed by atoms with van der Waals surface area (Å²) in [5.74, 6) is 0. The molecule has 0 atom stereocenters. The van der Waals surface area contributed by atoms with Crippen molar-refractivity contribution in [2.75, 3.05) is 19.8 Å². The van der Waals surface area contributed by atoms with Gasteiger partial charge in [-0.25, -0.2) is 13.1 Å². The molecular formula is C12H21N3O3S. The molecule has 7 heteroatoms. The fourth-order valence-electron chi connectivity index (χ4n) is 2.04. The Morgan fingerprint density at radius 1 is 1.42 bits per heavy atom. The fourth-order valence-corrected chi connectivity index (χ4v) is 3.36. The van der Waals surface area contributed by atoms with E-state index in [1.165, 1.54) is 6.20 Å². The van der Waals surface area contributed by atoms with Crippen LogP contribution in [0.25, 0.3) is 0 Å². The second-order valence-corrected chi connectivity index (χ2v) is 6.36. The van der Waals surface area contributed by atoms with Gasteiger partial charge in [-0.05, 0) is 25.5 Å². The van der Waals surface area contributed by atoms with Crippen LogP contribution in [-0.2, 0) is 21.3 Å². The fraction of sp³-hybridized carbons (Fsp3) is 0.667. The van der Waals surface area contributed by atoms with E-state index < -0.39 is 10.0 Å². The van der Waals surface area contributed by atoms with Crippen molar-refractivity contribution in [3.8, 4) is 0 Å². The Hall–Kier alpha value is -0.890. The van der Waals surface area contributed by atoms with Crippen LogP contribution in [-0.4, -0.2) is 39.2 Å². The number of aromatic amines is 1. The van der Waals surface area contributed by atoms with E-state index >= 15 is 0 Å². The van der Waals surface area contributed by atoms with Crippen molar-refractivity contribution in [2.45, 2.75) is 37.2 Å². The van der Waals surface area contributed by atoms with E-state index in [4.69, 9.17) is 4.74 Å². The normalized spacial score (nSPS) is 17.7. The number of sulfonamides is 1. The van der Waals surface area contributed by atoms with Gasteiger partial charge in [-0.15, -0.1) is 0 Å². The van der Waals surface area contributed by atoms with Crippen LogP contribution in [0.1, 0.15) is 25.5 Å². The molecule has 1 fully saturated rings. The summed E-state index contributed by atoms with van der Waals surface area (Å²) in [6.07, 6.45) is 3.00. The first-order valence-electron chi connectivity index (χ1n) is 6.60. The summed E-state index contributed by atoms with van der Waals surface area (Å²) in [5.41, 5.74) is 0.870. The van der Waals surface area contributed by atoms with E-state index in [1.54, 1.807) is 6.07 Å². The summed E-state index contributed by atoms with van der Waals surface area (Å²) in [5, 5.41) is 3.15. The average molecular weight is 287 g/mol. The minimum absolute atomic E-state index is 0.0223. The van der Waals surface area contributed by atoms with Crippen molar-refractivity contribution < 1.29 is 13.2 Å². The maximum Gasteiger partial charge on any atom is 0.242 e. The van der Waals surface area contributed by atoms with Crippen LogP contribution in [0.3, 0.4) is 0 Å². The van der Waals surface area contributed by atoms with Crippen LogP contribution in [0.5, 0.6) is 0 Å². The topological polar surface area (TPSA) is 83.2 Å². The summed E-state index contributed by atoms with van der Waals surface area (Å²) >= 11 is 0. The van der Waals surface area contributed by atoms with E-state index in [0.29, 0.717) is 24.7 Å². The molecule has 1 aromatic heterocycles. The van der Waals surface area contributed by atoms with Gasteiger partial charge in [0.25, 0.3) is 0 Å². The van der Waals surface area contributed by atoms with E-state index in [9.17, 15) is 8.42 Å². The molecule has 0 bridgehead atoms. The number of ether oxygens (including phenoxy) is 1. The molecule has 108 valence electrons. The van der Waals surface area contributed by atoms with Crippen molar-refractivity contribution in [1.29, 1.82) is 0 Å². The molecule has 6 nitrogen and oxygen atoms in total. The van der Waals surface area contributed by atoms with Crippen LogP contribution in [0.4, 0.5) is 0 Å². The van der Waals surface area contributed by atoms with Gasteiger partial charge in [0.05, 0.1) is 4.90 Å². The molecule has 0 amide bonds. The molecule has 1 aromatic rings. The molecule has 0 unspecified atom stereocenters. The van der Waals surface area contributed by atoms with E-state index in [1.807, 2.05) is 6.92 Å². The third-order valence-electron chi connectivity index (χ3n) is 3.14. The minimum Gasteiger partial charge on any atom is -0.381 e. The second kappa shape index (κ2) is 6.51. The molecule has 2 rings (SSSR count). The average Bonchev–Trinajstić information content (AvgIpc) is 2.86. The van der Waals surface area contributed by atoms with Gasteiger partial charge in [0.2, 0.25) is 10.0 Å². The predicted molar refractivity (Wildman–Crippen MR) is 72.3 cm³/mol. The first-order valence-corrected chi connectivity index (χ1v) is 8.08. The van der Waals surface area contributed by atoms with Gasteiger partial charge in [0, 0.05) is 37.7 Å². The first-order chi connectivity index (χ1) is 9.12. The monoisotopic (exact) mass is 287 g/mol. The van der Waals surface area contributed by atoms with Crippen LogP contribution < -0.4 is 10.0 Å². The molecule has 0 spiro atoms. The quantitative estimate of drug-likeness (QED) is 0.715. The summed E-state index contributed by atoms with van der Waals surface area (Å²) in [4.78, 5) is 3.28. The highest BCUT2D eigenvalue weighted by Gasteiger charge is 2.22. The SMILES string of the molecule is CCNCc1cc(S(=O)(=O)NC2CCOCC2)c[nH]1. The van der Waals surface area contributed by atoms with Crippen LogP contribution in [0.2, 0.25) is 0 Å². The van der Waals surface area contributed by atoms with Gasteiger partial charge in [0.1, 0.15) is 0 Å². The van der Waals surface area contributed by atoms with Crippen LogP contribution in [0.15, 0.2) is 17.2 Å². The summed E-state index contributed by atoms with van der Waals surface area (Å²) < 4.78 is 32.3. The Labute approximate surface area is 114 Å². The van der Waals surface area contributed by atoms with Gasteiger partial charge >= 0.3 is 0 Å². The maximum absolute atomic E-state index is 12.2. The third kappa shape index (κ3) is 4.04. The molecule has 3 N–H and O–H groups in total. The van der Waals surface area contributed by atoms with E-state index in [-0.39, 0.29) is 6.04 Å². The Kier molecular flexibility index (Phi) is 4.98. The maximum atomic E-state index is 12.2. The Morgan fingerprint density at radius 3 is 2.84 bits per heavy atom. The lowest BCUT2D eigenvalue weighted by atomic mass is 10.1. The van der Waals surface area contributed by atoms with Crippen LogP contribution >= 0.6 is 0 Å². The van der Waals surface area contributed by atoms with Crippen LogP contribution in [0, 0.1) is 0 Å². The van der Waals surface area contributed by atoms with Crippen molar-refractivity contribution in [1.82, 2.24) is 15.0 Å². The highest BCUT2D eigenvalue weighted by Crippen LogP contribution is 2.14.